The van der Waals surface area contributed by atoms with E-state index in [1.807, 2.05) is 6.92 Å². The van der Waals surface area contributed by atoms with Crippen molar-refractivity contribution in [2.24, 2.45) is 5.73 Å². The van der Waals surface area contributed by atoms with Gasteiger partial charge in [-0.1, -0.05) is 24.2 Å². The third-order valence-electron chi connectivity index (χ3n) is 2.86. The third-order valence-corrected chi connectivity index (χ3v) is 2.86. The predicted octanol–water partition coefficient (Wildman–Crippen LogP) is 2.36. The van der Waals surface area contributed by atoms with E-state index in [0.29, 0.717) is 23.4 Å². The lowest BCUT2D eigenvalue weighted by Gasteiger charge is -2.01. The van der Waals surface area contributed by atoms with Crippen molar-refractivity contribution in [1.82, 2.24) is 10.1 Å². The molecule has 1 aromatic heterocycles. The van der Waals surface area contributed by atoms with Gasteiger partial charge in [0.05, 0.1) is 11.0 Å². The number of nitrogens with two attached hydrogens (primary N) is 1. The van der Waals surface area contributed by atoms with Crippen LogP contribution in [-0.4, -0.2) is 15.1 Å². The molecule has 100 valence electrons. The van der Waals surface area contributed by atoms with Crippen LogP contribution in [0.25, 0.3) is 11.5 Å². The highest BCUT2D eigenvalue weighted by molar-refractivity contribution is 5.69. The lowest BCUT2D eigenvalue weighted by Crippen LogP contribution is -2.10. The van der Waals surface area contributed by atoms with Crippen LogP contribution in [0, 0.1) is 17.0 Å². The molecule has 0 saturated carbocycles. The molecule has 0 spiro atoms. The summed E-state index contributed by atoms with van der Waals surface area (Å²) in [6, 6.07) is 4.62. The number of aromatic nitrogens is 2. The second-order valence-electron chi connectivity index (χ2n) is 4.20. The predicted molar refractivity (Wildman–Crippen MR) is 68.3 cm³/mol. The lowest BCUT2D eigenvalue weighted by atomic mass is 10.1. The number of aryl methyl sites for hydroxylation is 1. The normalized spacial score (nSPS) is 12.4. The minimum Gasteiger partial charge on any atom is -0.334 e. The fourth-order valence-corrected chi connectivity index (χ4v) is 1.75. The Morgan fingerprint density at radius 3 is 2.89 bits per heavy atom. The number of nitro groups is 1. The van der Waals surface area contributed by atoms with Crippen LogP contribution in [0.4, 0.5) is 5.69 Å². The Balaban J connectivity index is 2.50. The van der Waals surface area contributed by atoms with Crippen LogP contribution < -0.4 is 5.73 Å². The Hall–Kier alpha value is -2.28. The molecule has 0 radical (unpaired) electrons. The average Bonchev–Trinajstić information content (AvgIpc) is 2.86. The van der Waals surface area contributed by atoms with Crippen molar-refractivity contribution >= 4 is 5.69 Å². The first-order chi connectivity index (χ1) is 9.04. The van der Waals surface area contributed by atoms with Gasteiger partial charge in [0.25, 0.3) is 11.6 Å². The molecular formula is C12H14N4O3. The van der Waals surface area contributed by atoms with Crippen molar-refractivity contribution in [3.8, 4) is 11.5 Å². The maximum Gasteiger partial charge on any atom is 0.285 e. The van der Waals surface area contributed by atoms with E-state index in [2.05, 4.69) is 10.1 Å². The van der Waals surface area contributed by atoms with Crippen molar-refractivity contribution in [2.75, 3.05) is 0 Å². The largest absolute Gasteiger partial charge is 0.334 e. The van der Waals surface area contributed by atoms with Crippen LogP contribution >= 0.6 is 0 Å². The molecule has 7 nitrogen and oxygen atoms in total. The SMILES string of the molecule is CCC(N)c1noc(-c2cccc(C)c2[N+](=O)[O-])n1. The summed E-state index contributed by atoms with van der Waals surface area (Å²) in [6.45, 7) is 3.56. The summed E-state index contributed by atoms with van der Waals surface area (Å²) < 4.78 is 5.07. The first kappa shape index (κ1) is 13.2. The Labute approximate surface area is 109 Å². The fourth-order valence-electron chi connectivity index (χ4n) is 1.75. The molecule has 0 aliphatic carbocycles. The van der Waals surface area contributed by atoms with E-state index in [1.165, 1.54) is 0 Å². The fraction of sp³-hybridized carbons (Fsp3) is 0.333. The first-order valence-corrected chi connectivity index (χ1v) is 5.88. The summed E-state index contributed by atoms with van der Waals surface area (Å²) in [4.78, 5) is 14.8. The highest BCUT2D eigenvalue weighted by atomic mass is 16.6. The molecular weight excluding hydrogens is 248 g/mol. The van der Waals surface area contributed by atoms with Gasteiger partial charge < -0.3 is 10.3 Å². The number of nitro benzene ring substituents is 1. The van der Waals surface area contributed by atoms with Gasteiger partial charge in [0.1, 0.15) is 5.56 Å². The van der Waals surface area contributed by atoms with Crippen molar-refractivity contribution < 1.29 is 9.45 Å². The van der Waals surface area contributed by atoms with Gasteiger partial charge in [-0.25, -0.2) is 0 Å². The number of para-hydroxylation sites is 1. The van der Waals surface area contributed by atoms with Gasteiger partial charge in [0.2, 0.25) is 0 Å². The number of nitrogens with zero attached hydrogens (tertiary/aromatic N) is 3. The van der Waals surface area contributed by atoms with Crippen molar-refractivity contribution in [1.29, 1.82) is 0 Å². The van der Waals surface area contributed by atoms with Crippen molar-refractivity contribution in [3.63, 3.8) is 0 Å². The average molecular weight is 262 g/mol. The van der Waals surface area contributed by atoms with Gasteiger partial charge in [-0.05, 0) is 19.4 Å². The zero-order valence-corrected chi connectivity index (χ0v) is 10.7. The van der Waals surface area contributed by atoms with Gasteiger partial charge in [-0.2, -0.15) is 4.98 Å². The molecule has 1 atom stereocenters. The van der Waals surface area contributed by atoms with Crippen LogP contribution in [0.15, 0.2) is 22.7 Å². The summed E-state index contributed by atoms with van der Waals surface area (Å²) in [5.74, 6) is 0.475. The molecule has 1 heterocycles. The standard InChI is InChI=1S/C12H14N4O3/c1-3-9(13)11-14-12(19-15-11)8-6-4-5-7(2)10(8)16(17)18/h4-6,9H,3,13H2,1-2H3. The lowest BCUT2D eigenvalue weighted by molar-refractivity contribution is -0.384. The van der Waals surface area contributed by atoms with Gasteiger partial charge >= 0.3 is 0 Å². The Bertz CT molecular complexity index is 609. The second kappa shape index (κ2) is 5.15. The summed E-state index contributed by atoms with van der Waals surface area (Å²) >= 11 is 0. The Morgan fingerprint density at radius 2 is 2.26 bits per heavy atom. The smallest absolute Gasteiger partial charge is 0.285 e. The monoisotopic (exact) mass is 262 g/mol. The molecule has 0 fully saturated rings. The first-order valence-electron chi connectivity index (χ1n) is 5.88. The molecule has 0 amide bonds. The number of hydrogen-bond acceptors (Lipinski definition) is 6. The minimum atomic E-state index is -0.450. The topological polar surface area (TPSA) is 108 Å². The van der Waals surface area contributed by atoms with Crippen molar-refractivity contribution in [2.45, 2.75) is 26.3 Å². The highest BCUT2D eigenvalue weighted by Gasteiger charge is 2.23. The molecule has 2 aromatic rings. The summed E-state index contributed by atoms with van der Waals surface area (Å²) in [5.41, 5.74) is 6.62. The zero-order chi connectivity index (χ0) is 14.0. The molecule has 2 N–H and O–H groups in total. The van der Waals surface area contributed by atoms with E-state index in [9.17, 15) is 10.1 Å². The maximum atomic E-state index is 11.1. The molecule has 0 aliphatic rings. The number of hydrogen-bond donors (Lipinski definition) is 1. The molecule has 1 aromatic carbocycles. The molecule has 0 saturated heterocycles. The van der Waals surface area contributed by atoms with Crippen LogP contribution in [0.1, 0.15) is 30.8 Å². The molecule has 0 bridgehead atoms. The van der Waals surface area contributed by atoms with E-state index in [-0.39, 0.29) is 17.6 Å². The molecule has 2 rings (SSSR count). The van der Waals surface area contributed by atoms with E-state index in [0.717, 1.165) is 0 Å². The van der Waals surface area contributed by atoms with Gasteiger partial charge in [0.15, 0.2) is 5.82 Å². The number of benzene rings is 1. The summed E-state index contributed by atoms with van der Waals surface area (Å²) in [5, 5.41) is 14.9. The van der Waals surface area contributed by atoms with Crippen LogP contribution in [0.5, 0.6) is 0 Å². The Morgan fingerprint density at radius 1 is 1.53 bits per heavy atom. The quantitative estimate of drug-likeness (QED) is 0.669. The molecule has 1 unspecified atom stereocenters. The van der Waals surface area contributed by atoms with Gasteiger partial charge in [-0.15, -0.1) is 0 Å². The van der Waals surface area contributed by atoms with Gasteiger partial charge in [0, 0.05) is 5.56 Å². The molecule has 19 heavy (non-hydrogen) atoms. The van der Waals surface area contributed by atoms with E-state index < -0.39 is 4.92 Å². The van der Waals surface area contributed by atoms with Crippen LogP contribution in [0.3, 0.4) is 0 Å². The second-order valence-corrected chi connectivity index (χ2v) is 4.20. The molecule has 0 aliphatic heterocycles. The van der Waals surface area contributed by atoms with Crippen molar-refractivity contribution in [3.05, 3.63) is 39.7 Å². The minimum absolute atomic E-state index is 0.0252. The highest BCUT2D eigenvalue weighted by Crippen LogP contribution is 2.31. The third kappa shape index (κ3) is 2.45. The maximum absolute atomic E-state index is 11.1. The Kier molecular flexibility index (Phi) is 3.57. The molecule has 7 heteroatoms. The summed E-state index contributed by atoms with van der Waals surface area (Å²) in [6.07, 6.45) is 0.662. The van der Waals surface area contributed by atoms with Crippen LogP contribution in [0.2, 0.25) is 0 Å². The van der Waals surface area contributed by atoms with E-state index >= 15 is 0 Å². The number of rotatable bonds is 4. The van der Waals surface area contributed by atoms with E-state index in [4.69, 9.17) is 10.3 Å². The van der Waals surface area contributed by atoms with Crippen LogP contribution in [-0.2, 0) is 0 Å². The van der Waals surface area contributed by atoms with E-state index in [1.54, 1.807) is 25.1 Å². The zero-order valence-electron chi connectivity index (χ0n) is 10.7. The van der Waals surface area contributed by atoms with Gasteiger partial charge in [-0.3, -0.25) is 10.1 Å². The summed E-state index contributed by atoms with van der Waals surface area (Å²) in [7, 11) is 0.